The Bertz CT molecular complexity index is 945. The number of fused-ring (bicyclic) bond motifs is 1. The van der Waals surface area contributed by atoms with Crippen molar-refractivity contribution >= 4 is 22.8 Å². The van der Waals surface area contributed by atoms with Crippen LogP contribution in [0.4, 0.5) is 0 Å². The molecule has 1 heterocycles. The highest BCUT2D eigenvalue weighted by Gasteiger charge is 2.19. The van der Waals surface area contributed by atoms with Crippen molar-refractivity contribution in [3.8, 4) is 5.75 Å². The third kappa shape index (κ3) is 4.91. The minimum atomic E-state index is -0.817. The Balaban J connectivity index is 1.48. The number of aryl methyl sites for hydroxylation is 1. The van der Waals surface area contributed by atoms with Crippen LogP contribution in [0.15, 0.2) is 59.0 Å². The zero-order chi connectivity index (χ0) is 20.1. The minimum Gasteiger partial charge on any atom is -0.479 e. The van der Waals surface area contributed by atoms with Crippen LogP contribution in [0.1, 0.15) is 31.2 Å². The van der Waals surface area contributed by atoms with E-state index in [9.17, 15) is 9.59 Å². The molecule has 1 amide bonds. The number of carbonyl (C=O) groups excluding carboxylic acids is 2. The summed E-state index contributed by atoms with van der Waals surface area (Å²) in [6, 6.07) is 16.5. The van der Waals surface area contributed by atoms with Gasteiger partial charge in [0.15, 0.2) is 12.7 Å². The van der Waals surface area contributed by atoms with E-state index in [1.165, 1.54) is 0 Å². The highest BCUT2D eigenvalue weighted by molar-refractivity contribution is 5.82. The maximum Gasteiger partial charge on any atom is 0.347 e. The van der Waals surface area contributed by atoms with E-state index in [-0.39, 0.29) is 12.6 Å². The Labute approximate surface area is 163 Å². The van der Waals surface area contributed by atoms with Gasteiger partial charge in [-0.25, -0.2) is 4.79 Å². The Morgan fingerprint density at radius 3 is 2.61 bits per heavy atom. The summed E-state index contributed by atoms with van der Waals surface area (Å²) >= 11 is 0. The molecule has 3 rings (SSSR count). The van der Waals surface area contributed by atoms with E-state index in [4.69, 9.17) is 13.9 Å². The first-order valence-electron chi connectivity index (χ1n) is 9.10. The number of rotatable bonds is 7. The van der Waals surface area contributed by atoms with E-state index >= 15 is 0 Å². The van der Waals surface area contributed by atoms with Crippen molar-refractivity contribution in [3.05, 3.63) is 65.9 Å². The highest BCUT2D eigenvalue weighted by atomic mass is 16.6. The van der Waals surface area contributed by atoms with Crippen LogP contribution < -0.4 is 10.1 Å². The number of ether oxygens (including phenoxy) is 2. The average Bonchev–Trinajstić information content (AvgIpc) is 3.10. The molecule has 0 fully saturated rings. The Morgan fingerprint density at radius 2 is 1.86 bits per heavy atom. The quantitative estimate of drug-likeness (QED) is 0.628. The van der Waals surface area contributed by atoms with Gasteiger partial charge in [-0.3, -0.25) is 4.79 Å². The standard InChI is InChI=1S/C22H23NO5/c1-14-7-6-9-18(11-14)27-16(3)22(25)26-13-21(24)23-15(2)20-12-17-8-4-5-10-19(17)28-20/h4-12,15-16H,13H2,1-3H3,(H,23,24)/t15-,16-/m0/s1. The molecule has 28 heavy (non-hydrogen) atoms. The lowest BCUT2D eigenvalue weighted by Gasteiger charge is -2.15. The Kier molecular flexibility index (Phi) is 5.99. The molecular formula is C22H23NO5. The van der Waals surface area contributed by atoms with Crippen molar-refractivity contribution in [3.63, 3.8) is 0 Å². The Hall–Kier alpha value is -3.28. The summed E-state index contributed by atoms with van der Waals surface area (Å²) in [5.41, 5.74) is 1.78. The van der Waals surface area contributed by atoms with Crippen LogP contribution in [0, 0.1) is 6.92 Å². The lowest BCUT2D eigenvalue weighted by molar-refractivity contribution is -0.154. The van der Waals surface area contributed by atoms with Gasteiger partial charge in [-0.2, -0.15) is 0 Å². The summed E-state index contributed by atoms with van der Waals surface area (Å²) in [7, 11) is 0. The van der Waals surface area contributed by atoms with Gasteiger partial charge < -0.3 is 19.2 Å². The number of hydrogen-bond acceptors (Lipinski definition) is 5. The number of hydrogen-bond donors (Lipinski definition) is 1. The van der Waals surface area contributed by atoms with Crippen molar-refractivity contribution in [2.45, 2.75) is 32.9 Å². The van der Waals surface area contributed by atoms with E-state index in [1.54, 1.807) is 19.9 Å². The fourth-order valence-electron chi connectivity index (χ4n) is 2.77. The summed E-state index contributed by atoms with van der Waals surface area (Å²) in [6.45, 7) is 4.94. The van der Waals surface area contributed by atoms with Gasteiger partial charge >= 0.3 is 5.97 Å². The van der Waals surface area contributed by atoms with Crippen LogP contribution in [0.25, 0.3) is 11.0 Å². The van der Waals surface area contributed by atoms with Crippen LogP contribution in [0.5, 0.6) is 5.75 Å². The van der Waals surface area contributed by atoms with Gasteiger partial charge in [-0.15, -0.1) is 0 Å². The van der Waals surface area contributed by atoms with Gasteiger partial charge in [0.1, 0.15) is 17.1 Å². The van der Waals surface area contributed by atoms with E-state index in [1.807, 2.05) is 55.5 Å². The molecule has 146 valence electrons. The van der Waals surface area contributed by atoms with E-state index in [0.29, 0.717) is 11.5 Å². The summed E-state index contributed by atoms with van der Waals surface area (Å²) in [5, 5.41) is 3.72. The first-order valence-corrected chi connectivity index (χ1v) is 9.10. The highest BCUT2D eigenvalue weighted by Crippen LogP contribution is 2.23. The van der Waals surface area contributed by atoms with Crippen LogP contribution >= 0.6 is 0 Å². The summed E-state index contributed by atoms with van der Waals surface area (Å²) in [4.78, 5) is 24.2. The fraction of sp³-hybridized carbons (Fsp3) is 0.273. The maximum absolute atomic E-state index is 12.1. The van der Waals surface area contributed by atoms with Crippen molar-refractivity contribution < 1.29 is 23.5 Å². The number of nitrogens with one attached hydrogen (secondary N) is 1. The monoisotopic (exact) mass is 381 g/mol. The lowest BCUT2D eigenvalue weighted by Crippen LogP contribution is -2.34. The van der Waals surface area contributed by atoms with Gasteiger partial charge in [0.25, 0.3) is 5.91 Å². The average molecular weight is 381 g/mol. The van der Waals surface area contributed by atoms with Crippen molar-refractivity contribution in [2.75, 3.05) is 6.61 Å². The van der Waals surface area contributed by atoms with Gasteiger partial charge in [0, 0.05) is 5.39 Å². The van der Waals surface area contributed by atoms with E-state index in [2.05, 4.69) is 5.32 Å². The molecule has 3 aromatic rings. The molecule has 0 unspecified atom stereocenters. The molecule has 0 spiro atoms. The molecular weight excluding hydrogens is 358 g/mol. The van der Waals surface area contributed by atoms with Crippen molar-refractivity contribution in [2.24, 2.45) is 0 Å². The maximum atomic E-state index is 12.1. The zero-order valence-electron chi connectivity index (χ0n) is 16.1. The largest absolute Gasteiger partial charge is 0.479 e. The first-order chi connectivity index (χ1) is 13.4. The number of para-hydroxylation sites is 1. The SMILES string of the molecule is Cc1cccc(O[C@@H](C)C(=O)OCC(=O)N[C@@H](C)c2cc3ccccc3o2)c1. The predicted octanol–water partition coefficient (Wildman–Crippen LogP) is 3.93. The molecule has 0 bridgehead atoms. The lowest BCUT2D eigenvalue weighted by atomic mass is 10.2. The van der Waals surface area contributed by atoms with E-state index in [0.717, 1.165) is 16.5 Å². The van der Waals surface area contributed by atoms with Crippen molar-refractivity contribution in [1.82, 2.24) is 5.32 Å². The zero-order valence-corrected chi connectivity index (χ0v) is 16.1. The molecule has 6 nitrogen and oxygen atoms in total. The van der Waals surface area contributed by atoms with Gasteiger partial charge in [0.05, 0.1) is 6.04 Å². The van der Waals surface area contributed by atoms with Crippen molar-refractivity contribution in [1.29, 1.82) is 0 Å². The van der Waals surface area contributed by atoms with Crippen LogP contribution in [0.2, 0.25) is 0 Å². The van der Waals surface area contributed by atoms with Crippen LogP contribution in [-0.2, 0) is 14.3 Å². The first kappa shape index (κ1) is 19.5. The molecule has 6 heteroatoms. The molecule has 1 N–H and O–H groups in total. The number of benzene rings is 2. The smallest absolute Gasteiger partial charge is 0.347 e. The molecule has 0 aliphatic heterocycles. The summed E-state index contributed by atoms with van der Waals surface area (Å²) in [6.07, 6.45) is -0.817. The second kappa shape index (κ2) is 8.61. The number of amides is 1. The third-order valence-electron chi connectivity index (χ3n) is 4.23. The molecule has 0 aliphatic carbocycles. The predicted molar refractivity (Wildman–Crippen MR) is 105 cm³/mol. The molecule has 0 aliphatic rings. The number of carbonyl (C=O) groups is 2. The van der Waals surface area contributed by atoms with Gasteiger partial charge in [-0.1, -0.05) is 30.3 Å². The molecule has 0 saturated heterocycles. The Morgan fingerprint density at radius 1 is 1.07 bits per heavy atom. The van der Waals surface area contributed by atoms with E-state index < -0.39 is 18.0 Å². The molecule has 1 aromatic heterocycles. The summed E-state index contributed by atoms with van der Waals surface area (Å²) in [5.74, 6) is 0.196. The van der Waals surface area contributed by atoms with Gasteiger partial charge in [-0.05, 0) is 50.6 Å². The normalized spacial score (nSPS) is 13.0. The van der Waals surface area contributed by atoms with Crippen LogP contribution in [0.3, 0.4) is 0 Å². The molecule has 0 saturated carbocycles. The van der Waals surface area contributed by atoms with Crippen LogP contribution in [-0.4, -0.2) is 24.6 Å². The molecule has 2 aromatic carbocycles. The number of esters is 1. The third-order valence-corrected chi connectivity index (χ3v) is 4.23. The molecule has 2 atom stereocenters. The topological polar surface area (TPSA) is 77.8 Å². The minimum absolute atomic E-state index is 0.348. The fourth-order valence-corrected chi connectivity index (χ4v) is 2.77. The summed E-state index contributed by atoms with van der Waals surface area (Å²) < 4.78 is 16.3. The second-order valence-electron chi connectivity index (χ2n) is 6.66. The molecule has 0 radical (unpaired) electrons. The van der Waals surface area contributed by atoms with Gasteiger partial charge in [0.2, 0.25) is 0 Å². The second-order valence-corrected chi connectivity index (χ2v) is 6.66. The number of furan rings is 1.